The Kier molecular flexibility index (Phi) is 8.89. The first-order valence-corrected chi connectivity index (χ1v) is 16.9. The highest BCUT2D eigenvalue weighted by Gasteiger charge is 2.28. The fraction of sp³-hybridized carbons (Fsp3) is 0.0233. The third kappa shape index (κ3) is 7.02. The summed E-state index contributed by atoms with van der Waals surface area (Å²) in [5.74, 6) is -0.443. The Balaban J connectivity index is 1.05. The maximum absolute atomic E-state index is 12.4. The summed E-state index contributed by atoms with van der Waals surface area (Å²) < 4.78 is 18.7. The Morgan fingerprint density at radius 3 is 1.00 bits per heavy atom. The largest absolute Gasteiger partial charge is 0.481 e. The maximum Gasteiger partial charge on any atom is 0.258 e. The van der Waals surface area contributed by atoms with Crippen molar-refractivity contribution in [3.05, 3.63) is 169 Å². The lowest BCUT2D eigenvalue weighted by Crippen LogP contribution is -2.29. The number of anilines is 3. The van der Waals surface area contributed by atoms with Crippen LogP contribution in [0.15, 0.2) is 158 Å². The number of hydrogen-bond donors (Lipinski definition) is 0. The second-order valence-electron chi connectivity index (χ2n) is 12.4. The molecule has 5 aromatic rings. The van der Waals surface area contributed by atoms with E-state index in [0.717, 1.165) is 25.8 Å². The highest BCUT2D eigenvalue weighted by Crippen LogP contribution is 2.35. The lowest BCUT2D eigenvalue weighted by Gasteiger charge is -2.22. The van der Waals surface area contributed by atoms with Gasteiger partial charge in [0.2, 0.25) is 0 Å². The number of carbonyl (C=O) groups is 6. The van der Waals surface area contributed by atoms with Gasteiger partial charge in [0.05, 0.1) is 17.1 Å². The van der Waals surface area contributed by atoms with Gasteiger partial charge in [-0.15, -0.1) is 0 Å². The minimum Gasteiger partial charge on any atom is -0.481 e. The average Bonchev–Trinajstić information content (AvgIpc) is 3.84. The fourth-order valence-corrected chi connectivity index (χ4v) is 6.19. The molecule has 3 heterocycles. The van der Waals surface area contributed by atoms with Crippen molar-refractivity contribution in [1.82, 2.24) is 0 Å². The minimum atomic E-state index is -0.688. The summed E-state index contributed by atoms with van der Waals surface area (Å²) in [6.07, 6.45) is 6.60. The van der Waals surface area contributed by atoms with Crippen molar-refractivity contribution in [2.45, 2.75) is 6.10 Å². The van der Waals surface area contributed by atoms with Crippen LogP contribution in [0.5, 0.6) is 28.7 Å². The Bertz CT molecular complexity index is 2320. The van der Waals surface area contributed by atoms with Gasteiger partial charge >= 0.3 is 0 Å². The first-order chi connectivity index (χ1) is 26.7. The number of benzene rings is 5. The summed E-state index contributed by atoms with van der Waals surface area (Å²) in [7, 11) is 0. The van der Waals surface area contributed by atoms with Gasteiger partial charge in [-0.25, -0.2) is 14.7 Å². The molecule has 0 N–H and O–H groups in total. The zero-order valence-corrected chi connectivity index (χ0v) is 28.6. The molecular formula is C43H27N3O9. The van der Waals surface area contributed by atoms with Crippen LogP contribution in [0.25, 0.3) is 0 Å². The number of amides is 6. The summed E-state index contributed by atoms with van der Waals surface area (Å²) in [5, 5.41) is 0. The summed E-state index contributed by atoms with van der Waals surface area (Å²) >= 11 is 0. The van der Waals surface area contributed by atoms with E-state index in [0.29, 0.717) is 45.8 Å². The highest BCUT2D eigenvalue weighted by molar-refractivity contribution is 6.29. The molecule has 0 saturated heterocycles. The fourth-order valence-electron chi connectivity index (χ4n) is 6.19. The Morgan fingerprint density at radius 1 is 0.345 bits per heavy atom. The van der Waals surface area contributed by atoms with Gasteiger partial charge in [0.25, 0.3) is 35.4 Å². The van der Waals surface area contributed by atoms with Gasteiger partial charge < -0.3 is 14.2 Å². The van der Waals surface area contributed by atoms with Crippen LogP contribution >= 0.6 is 0 Å². The Hall–Kier alpha value is -7.86. The van der Waals surface area contributed by atoms with E-state index in [2.05, 4.69) is 0 Å². The summed E-state index contributed by atoms with van der Waals surface area (Å²) in [5.41, 5.74) is 2.58. The van der Waals surface area contributed by atoms with E-state index in [4.69, 9.17) is 14.2 Å². The molecule has 0 bridgehead atoms. The molecule has 3 aliphatic heterocycles. The molecule has 5 aromatic carbocycles. The van der Waals surface area contributed by atoms with Crippen molar-refractivity contribution in [1.29, 1.82) is 0 Å². The van der Waals surface area contributed by atoms with Gasteiger partial charge in [-0.1, -0.05) is 42.5 Å². The van der Waals surface area contributed by atoms with Crippen LogP contribution < -0.4 is 28.9 Å². The van der Waals surface area contributed by atoms with Crippen LogP contribution in [-0.4, -0.2) is 35.4 Å². The second-order valence-corrected chi connectivity index (χ2v) is 12.4. The number of rotatable bonds is 11. The first-order valence-electron chi connectivity index (χ1n) is 16.9. The molecule has 0 unspecified atom stereocenters. The van der Waals surface area contributed by atoms with Crippen LogP contribution in [0.3, 0.4) is 0 Å². The van der Waals surface area contributed by atoms with Gasteiger partial charge in [0.1, 0.15) is 34.9 Å². The van der Waals surface area contributed by atoms with Crippen molar-refractivity contribution in [2.75, 3.05) is 14.7 Å². The van der Waals surface area contributed by atoms with Crippen LogP contribution in [0, 0.1) is 0 Å². The van der Waals surface area contributed by atoms with E-state index >= 15 is 0 Å². The molecule has 12 nitrogen and oxygen atoms in total. The van der Waals surface area contributed by atoms with Crippen molar-refractivity contribution in [3.63, 3.8) is 0 Å². The van der Waals surface area contributed by atoms with Crippen molar-refractivity contribution < 1.29 is 43.0 Å². The summed E-state index contributed by atoms with van der Waals surface area (Å²) in [6, 6.07) is 34.3. The Labute approximate surface area is 313 Å². The molecule has 0 aromatic heterocycles. The maximum atomic E-state index is 12.4. The zero-order valence-electron chi connectivity index (χ0n) is 28.6. The van der Waals surface area contributed by atoms with Crippen LogP contribution in [0.1, 0.15) is 17.2 Å². The number of imide groups is 3. The molecule has 6 amide bonds. The summed E-state index contributed by atoms with van der Waals surface area (Å²) in [4.78, 5) is 76.8. The van der Waals surface area contributed by atoms with Gasteiger partial charge in [-0.3, -0.25) is 28.8 Å². The smallest absolute Gasteiger partial charge is 0.258 e. The first kappa shape index (κ1) is 34.2. The molecule has 268 valence electrons. The molecule has 0 spiro atoms. The van der Waals surface area contributed by atoms with Gasteiger partial charge in [0, 0.05) is 54.7 Å². The lowest BCUT2D eigenvalue weighted by molar-refractivity contribution is -0.121. The van der Waals surface area contributed by atoms with E-state index in [9.17, 15) is 28.8 Å². The van der Waals surface area contributed by atoms with E-state index in [1.807, 2.05) is 24.3 Å². The minimum absolute atomic E-state index is 0.356. The molecule has 55 heavy (non-hydrogen) atoms. The van der Waals surface area contributed by atoms with Crippen LogP contribution in [-0.2, 0) is 28.8 Å². The second kappa shape index (κ2) is 14.3. The van der Waals surface area contributed by atoms with Crippen molar-refractivity contribution in [2.24, 2.45) is 0 Å². The predicted molar refractivity (Wildman–Crippen MR) is 200 cm³/mol. The Morgan fingerprint density at radius 2 is 0.655 bits per heavy atom. The number of carbonyl (C=O) groups excluding carboxylic acids is 6. The highest BCUT2D eigenvalue weighted by atomic mass is 16.5. The van der Waals surface area contributed by atoms with Gasteiger partial charge in [0.15, 0.2) is 0 Å². The van der Waals surface area contributed by atoms with Crippen molar-refractivity contribution >= 4 is 52.5 Å². The van der Waals surface area contributed by atoms with Gasteiger partial charge in [-0.05, 0) is 71.8 Å². The molecule has 0 aliphatic carbocycles. The van der Waals surface area contributed by atoms with E-state index in [1.54, 1.807) is 97.1 Å². The number of nitrogens with zero attached hydrogens (tertiary/aromatic N) is 3. The quantitative estimate of drug-likeness (QED) is 0.136. The molecule has 3 aliphatic rings. The molecular weight excluding hydrogens is 702 g/mol. The topological polar surface area (TPSA) is 140 Å². The monoisotopic (exact) mass is 729 g/mol. The van der Waals surface area contributed by atoms with Gasteiger partial charge in [-0.2, -0.15) is 0 Å². The lowest BCUT2D eigenvalue weighted by atomic mass is 10.0. The zero-order chi connectivity index (χ0) is 38.1. The standard InChI is InChI=1S/C43H27N3O9/c47-37-18-19-38(48)44(37)29-4-1-7-34(24-29)53-32-14-10-27(11-15-32)43(55-36-9-3-6-31(26-36)46-41(51)22-23-42(46)52)28-12-16-33(17-13-28)54-35-8-2-5-30(25-35)45-39(49)20-21-40(45)50/h1-26,43H. The normalized spacial score (nSPS) is 15.0. The average molecular weight is 730 g/mol. The SMILES string of the molecule is O=C1C=CC(=O)N1c1cccc(Oc2ccc(C(Oc3cccc(N4C(=O)C=CC4=O)c3)c3ccc(Oc4cccc(N5C(=O)C=CC5=O)c4)cc3)cc2)c1. The third-order valence-corrected chi connectivity index (χ3v) is 8.75. The molecule has 0 fully saturated rings. The molecule has 0 radical (unpaired) electrons. The molecule has 12 heteroatoms. The number of ether oxygens (including phenoxy) is 3. The third-order valence-electron chi connectivity index (χ3n) is 8.75. The predicted octanol–water partition coefficient (Wildman–Crippen LogP) is 6.73. The van der Waals surface area contributed by atoms with E-state index in [1.165, 1.54) is 36.5 Å². The molecule has 0 atom stereocenters. The van der Waals surface area contributed by atoms with Crippen molar-refractivity contribution in [3.8, 4) is 28.7 Å². The summed E-state index contributed by atoms with van der Waals surface area (Å²) in [6.45, 7) is 0. The van der Waals surface area contributed by atoms with Crippen LogP contribution in [0.4, 0.5) is 17.1 Å². The van der Waals surface area contributed by atoms with Crippen LogP contribution in [0.2, 0.25) is 0 Å². The van der Waals surface area contributed by atoms with E-state index < -0.39 is 41.5 Å². The number of hydrogen-bond acceptors (Lipinski definition) is 9. The molecule has 8 rings (SSSR count). The molecule has 0 saturated carbocycles. The van der Waals surface area contributed by atoms with E-state index in [-0.39, 0.29) is 0 Å².